The van der Waals surface area contributed by atoms with Crippen LogP contribution >= 0.6 is 0 Å². The van der Waals surface area contributed by atoms with Crippen molar-refractivity contribution in [3.05, 3.63) is 58.6 Å². The summed E-state index contributed by atoms with van der Waals surface area (Å²) in [4.78, 5) is 10.2. The van der Waals surface area contributed by atoms with E-state index in [1.165, 1.54) is 0 Å². The molecule has 0 radical (unpaired) electrons. The van der Waals surface area contributed by atoms with Crippen LogP contribution in [0.3, 0.4) is 0 Å². The third-order valence-corrected chi connectivity index (χ3v) is 2.10. The summed E-state index contributed by atoms with van der Waals surface area (Å²) in [5.41, 5.74) is -0.228. The summed E-state index contributed by atoms with van der Waals surface area (Å²) in [6, 6.07) is 12.0. The molecule has 0 saturated heterocycles. The quantitative estimate of drug-likeness (QED) is 0.599. The van der Waals surface area contributed by atoms with Crippen molar-refractivity contribution in [3.8, 4) is 17.2 Å². The SMILES string of the molecule is O=[N+]([O-])c1ccc([O-])cc1Oc1ccccc1. The van der Waals surface area contributed by atoms with Gasteiger partial charge in [-0.25, -0.2) is 0 Å². The molecule has 2 aromatic carbocycles. The summed E-state index contributed by atoms with van der Waals surface area (Å²) in [5, 5.41) is 21.9. The topological polar surface area (TPSA) is 75.4 Å². The molecule has 0 aliphatic carbocycles. The molecule has 2 aromatic rings. The van der Waals surface area contributed by atoms with Crippen LogP contribution in [-0.2, 0) is 0 Å². The molecule has 0 unspecified atom stereocenters. The Balaban J connectivity index is 2.37. The summed E-state index contributed by atoms with van der Waals surface area (Å²) in [7, 11) is 0. The van der Waals surface area contributed by atoms with Crippen molar-refractivity contribution in [2.24, 2.45) is 0 Å². The van der Waals surface area contributed by atoms with Crippen molar-refractivity contribution < 1.29 is 14.8 Å². The number of ether oxygens (including phenoxy) is 1. The maximum atomic E-state index is 11.2. The number of hydrogen-bond donors (Lipinski definition) is 0. The molecule has 0 spiro atoms. The highest BCUT2D eigenvalue weighted by atomic mass is 16.6. The standard InChI is InChI=1S/C12H9NO4/c14-9-6-7-11(13(15)16)12(8-9)17-10-4-2-1-3-5-10/h1-8,14H/p-1. The van der Waals surface area contributed by atoms with Crippen LogP contribution in [0, 0.1) is 10.1 Å². The van der Waals surface area contributed by atoms with Crippen molar-refractivity contribution in [1.29, 1.82) is 0 Å². The molecule has 86 valence electrons. The highest BCUT2D eigenvalue weighted by Gasteiger charge is 2.14. The number of para-hydroxylation sites is 1. The van der Waals surface area contributed by atoms with Crippen LogP contribution in [0.25, 0.3) is 0 Å². The fraction of sp³-hybridized carbons (Fsp3) is 0. The van der Waals surface area contributed by atoms with E-state index < -0.39 is 4.92 Å². The summed E-state index contributed by atoms with van der Waals surface area (Å²) in [5.74, 6) is 0.0661. The minimum Gasteiger partial charge on any atom is -0.872 e. The smallest absolute Gasteiger partial charge is 0.311 e. The van der Waals surface area contributed by atoms with E-state index in [4.69, 9.17) is 4.74 Å². The van der Waals surface area contributed by atoms with Gasteiger partial charge in [0.05, 0.1) is 4.92 Å². The molecule has 5 heteroatoms. The van der Waals surface area contributed by atoms with Crippen LogP contribution in [0.15, 0.2) is 48.5 Å². The molecule has 0 aromatic heterocycles. The first-order valence-corrected chi connectivity index (χ1v) is 4.85. The summed E-state index contributed by atoms with van der Waals surface area (Å²) < 4.78 is 5.31. The normalized spacial score (nSPS) is 9.88. The number of benzene rings is 2. The van der Waals surface area contributed by atoms with Crippen LogP contribution in [0.4, 0.5) is 5.69 Å². The number of hydrogen-bond acceptors (Lipinski definition) is 4. The summed E-state index contributed by atoms with van der Waals surface area (Å²) in [6.45, 7) is 0. The zero-order chi connectivity index (χ0) is 12.3. The van der Waals surface area contributed by atoms with Gasteiger partial charge in [0.25, 0.3) is 0 Å². The van der Waals surface area contributed by atoms with Crippen LogP contribution < -0.4 is 9.84 Å². The Morgan fingerprint density at radius 2 is 1.76 bits per heavy atom. The molecule has 0 amide bonds. The maximum Gasteiger partial charge on any atom is 0.311 e. The zero-order valence-electron chi connectivity index (χ0n) is 8.70. The lowest BCUT2D eigenvalue weighted by molar-refractivity contribution is -0.385. The average molecular weight is 230 g/mol. The van der Waals surface area contributed by atoms with E-state index in [0.717, 1.165) is 18.2 Å². The molecule has 0 atom stereocenters. The van der Waals surface area contributed by atoms with Gasteiger partial charge in [0.1, 0.15) is 5.75 Å². The molecule has 0 saturated carbocycles. The third-order valence-electron chi connectivity index (χ3n) is 2.10. The van der Waals surface area contributed by atoms with Crippen molar-refractivity contribution in [2.45, 2.75) is 0 Å². The average Bonchev–Trinajstić information content (AvgIpc) is 2.30. The van der Waals surface area contributed by atoms with Crippen molar-refractivity contribution in [2.75, 3.05) is 0 Å². The largest absolute Gasteiger partial charge is 0.872 e. The van der Waals surface area contributed by atoms with E-state index >= 15 is 0 Å². The molecule has 0 fully saturated rings. The lowest BCUT2D eigenvalue weighted by atomic mass is 10.2. The van der Waals surface area contributed by atoms with Gasteiger partial charge < -0.3 is 9.84 Å². The highest BCUT2D eigenvalue weighted by molar-refractivity contribution is 5.51. The van der Waals surface area contributed by atoms with E-state index in [-0.39, 0.29) is 17.2 Å². The Hall–Kier alpha value is -2.56. The Morgan fingerprint density at radius 3 is 2.41 bits per heavy atom. The minimum absolute atomic E-state index is 0.0475. The van der Waals surface area contributed by atoms with Crippen molar-refractivity contribution >= 4 is 5.69 Å². The predicted octanol–water partition coefficient (Wildman–Crippen LogP) is 2.46. The van der Waals surface area contributed by atoms with Gasteiger partial charge in [0.15, 0.2) is 0 Å². The number of nitro groups is 1. The highest BCUT2D eigenvalue weighted by Crippen LogP contribution is 2.33. The second-order valence-electron chi connectivity index (χ2n) is 3.30. The molecule has 0 bridgehead atoms. The van der Waals surface area contributed by atoms with Gasteiger partial charge in [0, 0.05) is 6.07 Å². The van der Waals surface area contributed by atoms with Crippen LogP contribution in [0.2, 0.25) is 0 Å². The van der Waals surface area contributed by atoms with Gasteiger partial charge in [-0.15, -0.1) is 5.75 Å². The van der Waals surface area contributed by atoms with E-state index in [2.05, 4.69) is 0 Å². The van der Waals surface area contributed by atoms with E-state index in [1.54, 1.807) is 30.3 Å². The van der Waals surface area contributed by atoms with Gasteiger partial charge in [-0.1, -0.05) is 24.3 Å². The zero-order valence-corrected chi connectivity index (χ0v) is 8.70. The minimum atomic E-state index is -0.586. The molecule has 0 aliphatic rings. The summed E-state index contributed by atoms with van der Waals surface area (Å²) >= 11 is 0. The van der Waals surface area contributed by atoms with Crippen molar-refractivity contribution in [3.63, 3.8) is 0 Å². The Kier molecular flexibility index (Phi) is 2.91. The fourth-order valence-electron chi connectivity index (χ4n) is 1.34. The third kappa shape index (κ3) is 2.52. The lowest BCUT2D eigenvalue weighted by Crippen LogP contribution is -1.96. The van der Waals surface area contributed by atoms with Gasteiger partial charge in [-0.2, -0.15) is 0 Å². The molecular formula is C12H8NO4-. The monoisotopic (exact) mass is 230 g/mol. The van der Waals surface area contributed by atoms with Crippen LogP contribution in [-0.4, -0.2) is 4.92 Å². The predicted molar refractivity (Wildman–Crippen MR) is 59.1 cm³/mol. The van der Waals surface area contributed by atoms with E-state index in [1.807, 2.05) is 0 Å². The fourth-order valence-corrected chi connectivity index (χ4v) is 1.34. The van der Waals surface area contributed by atoms with Gasteiger partial charge >= 0.3 is 5.69 Å². The number of nitrogens with zero attached hydrogens (tertiary/aromatic N) is 1. The number of nitro benzene ring substituents is 1. The second-order valence-corrected chi connectivity index (χ2v) is 3.30. The first kappa shape index (κ1) is 10.9. The molecule has 0 heterocycles. The maximum absolute atomic E-state index is 11.2. The Bertz CT molecular complexity index is 539. The first-order chi connectivity index (χ1) is 8.16. The van der Waals surface area contributed by atoms with Crippen LogP contribution in [0.1, 0.15) is 0 Å². The Morgan fingerprint density at radius 1 is 1.06 bits per heavy atom. The molecule has 5 nitrogen and oxygen atoms in total. The second kappa shape index (κ2) is 4.52. The van der Waals surface area contributed by atoms with Gasteiger partial charge in [-0.05, 0) is 18.2 Å². The van der Waals surface area contributed by atoms with E-state index in [0.29, 0.717) is 5.75 Å². The first-order valence-electron chi connectivity index (χ1n) is 4.85. The van der Waals surface area contributed by atoms with E-state index in [9.17, 15) is 15.2 Å². The molecule has 17 heavy (non-hydrogen) atoms. The molecular weight excluding hydrogens is 222 g/mol. The molecule has 0 aliphatic heterocycles. The lowest BCUT2D eigenvalue weighted by Gasteiger charge is -2.10. The van der Waals surface area contributed by atoms with Crippen molar-refractivity contribution in [1.82, 2.24) is 0 Å². The summed E-state index contributed by atoms with van der Waals surface area (Å²) in [6.07, 6.45) is 0. The molecule has 2 rings (SSSR count). The van der Waals surface area contributed by atoms with Gasteiger partial charge in [0.2, 0.25) is 5.75 Å². The number of rotatable bonds is 3. The van der Waals surface area contributed by atoms with Gasteiger partial charge in [-0.3, -0.25) is 10.1 Å². The Labute approximate surface area is 97.0 Å². The van der Waals surface area contributed by atoms with Crippen LogP contribution in [0.5, 0.6) is 17.2 Å². The molecule has 0 N–H and O–H groups in total.